The molecule has 0 saturated carbocycles. The zero-order valence-corrected chi connectivity index (χ0v) is 12.5. The molecule has 2 N–H and O–H groups in total. The molecule has 2 aliphatic rings. The van der Waals surface area contributed by atoms with Crippen molar-refractivity contribution in [2.75, 3.05) is 5.23 Å². The van der Waals surface area contributed by atoms with Gasteiger partial charge in [-0.3, -0.25) is 19.7 Å². The highest BCUT2D eigenvalue weighted by Gasteiger charge is 2.39. The summed E-state index contributed by atoms with van der Waals surface area (Å²) in [5.74, 6) is -0.777. The Kier molecular flexibility index (Phi) is 3.87. The first-order valence-corrected chi connectivity index (χ1v) is 7.62. The molecule has 2 heterocycles. The third-order valence-corrected chi connectivity index (χ3v) is 4.15. The second-order valence-electron chi connectivity index (χ2n) is 5.66. The van der Waals surface area contributed by atoms with E-state index in [1.54, 1.807) is 11.0 Å². The maximum Gasteiger partial charge on any atom is 0.255 e. The van der Waals surface area contributed by atoms with Gasteiger partial charge in [0.05, 0.1) is 0 Å². The van der Waals surface area contributed by atoms with E-state index in [0.29, 0.717) is 18.5 Å². The molecular formula is C15H18BN3O3. The van der Waals surface area contributed by atoms with Crippen LogP contribution in [-0.2, 0) is 16.1 Å². The first-order valence-electron chi connectivity index (χ1n) is 7.62. The Morgan fingerprint density at radius 3 is 2.91 bits per heavy atom. The molecule has 3 rings (SSSR count). The number of benzene rings is 1. The lowest BCUT2D eigenvalue weighted by molar-refractivity contribution is -0.136. The second-order valence-corrected chi connectivity index (χ2v) is 5.66. The molecule has 1 aromatic carbocycles. The van der Waals surface area contributed by atoms with Crippen LogP contribution >= 0.6 is 0 Å². The van der Waals surface area contributed by atoms with Crippen LogP contribution in [0.3, 0.4) is 0 Å². The van der Waals surface area contributed by atoms with Gasteiger partial charge in [0.15, 0.2) is 0 Å². The summed E-state index contributed by atoms with van der Waals surface area (Å²) in [6, 6.07) is 5.04. The van der Waals surface area contributed by atoms with Crippen LogP contribution in [0.1, 0.15) is 35.7 Å². The number of carbonyl (C=O) groups is 3. The fourth-order valence-electron chi connectivity index (χ4n) is 3.01. The number of hydrogen-bond acceptors (Lipinski definition) is 4. The highest BCUT2D eigenvalue weighted by molar-refractivity contribution is 6.40. The van der Waals surface area contributed by atoms with E-state index in [4.69, 9.17) is 0 Å². The molecule has 114 valence electrons. The monoisotopic (exact) mass is 299 g/mol. The fourth-order valence-corrected chi connectivity index (χ4v) is 3.01. The molecular weight excluding hydrogens is 281 g/mol. The highest BCUT2D eigenvalue weighted by atomic mass is 16.2. The smallest absolute Gasteiger partial charge is 0.255 e. The molecule has 6 nitrogen and oxygen atoms in total. The van der Waals surface area contributed by atoms with Gasteiger partial charge < -0.3 is 10.1 Å². The zero-order chi connectivity index (χ0) is 15.7. The Hall–Kier alpha value is -2.31. The number of rotatable bonds is 4. The normalized spacial score (nSPS) is 20.7. The SMILES string of the molecule is CCBNc1cccc2c1CN(C1CCC(=O)NC1=O)C2=O. The number of amides is 3. The molecule has 2 aliphatic heterocycles. The van der Waals surface area contributed by atoms with E-state index in [1.165, 1.54) is 0 Å². The van der Waals surface area contributed by atoms with Crippen molar-refractivity contribution in [2.24, 2.45) is 0 Å². The third-order valence-electron chi connectivity index (χ3n) is 4.15. The molecule has 1 unspecified atom stereocenters. The number of nitrogens with zero attached hydrogens (tertiary/aromatic N) is 1. The van der Waals surface area contributed by atoms with Gasteiger partial charge in [-0.05, 0) is 18.6 Å². The van der Waals surface area contributed by atoms with Gasteiger partial charge in [-0.15, -0.1) is 0 Å². The van der Waals surface area contributed by atoms with E-state index >= 15 is 0 Å². The van der Waals surface area contributed by atoms with Crippen molar-refractivity contribution >= 4 is 30.8 Å². The minimum Gasteiger partial charge on any atom is -0.431 e. The van der Waals surface area contributed by atoms with Crippen LogP contribution in [0.15, 0.2) is 18.2 Å². The minimum absolute atomic E-state index is 0.135. The van der Waals surface area contributed by atoms with Gasteiger partial charge in [-0.1, -0.05) is 19.3 Å². The molecule has 3 amide bonds. The van der Waals surface area contributed by atoms with Crippen molar-refractivity contribution in [1.29, 1.82) is 0 Å². The molecule has 0 bridgehead atoms. The Labute approximate surface area is 129 Å². The van der Waals surface area contributed by atoms with Crippen molar-refractivity contribution in [1.82, 2.24) is 10.2 Å². The average Bonchev–Trinajstić information content (AvgIpc) is 2.83. The molecule has 0 aliphatic carbocycles. The standard InChI is InChI=1S/C15H18BN3O3/c1-2-16-18-11-5-3-4-9-10(11)8-19(15(9)22)12-6-7-13(20)17-14(12)21/h3-5,12,16,18H,2,6-8H2,1H3,(H,17,20,21). The Bertz CT molecular complexity index is 647. The first kappa shape index (κ1) is 14.6. The van der Waals surface area contributed by atoms with E-state index < -0.39 is 6.04 Å². The fraction of sp³-hybridized carbons (Fsp3) is 0.400. The topological polar surface area (TPSA) is 78.5 Å². The van der Waals surface area contributed by atoms with Gasteiger partial charge in [-0.25, -0.2) is 0 Å². The average molecular weight is 299 g/mol. The number of nitrogens with one attached hydrogen (secondary N) is 2. The molecule has 1 aromatic rings. The van der Waals surface area contributed by atoms with Crippen molar-refractivity contribution in [3.05, 3.63) is 29.3 Å². The summed E-state index contributed by atoms with van der Waals surface area (Å²) in [4.78, 5) is 37.4. The largest absolute Gasteiger partial charge is 0.431 e. The van der Waals surface area contributed by atoms with E-state index in [1.807, 2.05) is 12.1 Å². The van der Waals surface area contributed by atoms with E-state index in [0.717, 1.165) is 25.0 Å². The molecule has 7 heteroatoms. The van der Waals surface area contributed by atoms with Gasteiger partial charge in [0.25, 0.3) is 5.91 Å². The summed E-state index contributed by atoms with van der Waals surface area (Å²) >= 11 is 0. The molecule has 0 spiro atoms. The van der Waals surface area contributed by atoms with Crippen molar-refractivity contribution in [3.8, 4) is 0 Å². The minimum atomic E-state index is -0.559. The maximum atomic E-state index is 12.6. The Morgan fingerprint density at radius 1 is 1.36 bits per heavy atom. The van der Waals surface area contributed by atoms with Crippen LogP contribution in [0.5, 0.6) is 0 Å². The molecule has 1 fully saturated rings. The quantitative estimate of drug-likeness (QED) is 0.632. The summed E-state index contributed by atoms with van der Waals surface area (Å²) in [5, 5.41) is 5.64. The van der Waals surface area contributed by atoms with E-state index in [-0.39, 0.29) is 24.1 Å². The number of anilines is 1. The maximum absolute atomic E-state index is 12.6. The van der Waals surface area contributed by atoms with Gasteiger partial charge in [-0.2, -0.15) is 0 Å². The van der Waals surface area contributed by atoms with Crippen molar-refractivity contribution in [2.45, 2.75) is 38.7 Å². The van der Waals surface area contributed by atoms with E-state index in [2.05, 4.69) is 17.5 Å². The van der Waals surface area contributed by atoms with Crippen LogP contribution in [0.2, 0.25) is 6.32 Å². The number of hydrogen-bond donors (Lipinski definition) is 2. The lowest BCUT2D eigenvalue weighted by atomic mass is 9.89. The van der Waals surface area contributed by atoms with Crippen LogP contribution in [0.25, 0.3) is 0 Å². The number of carbonyl (C=O) groups excluding carboxylic acids is 3. The molecule has 1 saturated heterocycles. The van der Waals surface area contributed by atoms with Gasteiger partial charge >= 0.3 is 0 Å². The Morgan fingerprint density at radius 2 is 2.18 bits per heavy atom. The van der Waals surface area contributed by atoms with Crippen LogP contribution in [-0.4, -0.2) is 36.1 Å². The number of piperidine rings is 1. The number of imide groups is 1. The summed E-state index contributed by atoms with van der Waals surface area (Å²) in [6.07, 6.45) is 1.66. The van der Waals surface area contributed by atoms with Crippen LogP contribution in [0.4, 0.5) is 5.69 Å². The zero-order valence-electron chi connectivity index (χ0n) is 12.5. The predicted molar refractivity (Wildman–Crippen MR) is 83.7 cm³/mol. The lowest BCUT2D eigenvalue weighted by Gasteiger charge is -2.29. The van der Waals surface area contributed by atoms with Crippen LogP contribution in [0, 0.1) is 0 Å². The second kappa shape index (κ2) is 5.83. The van der Waals surface area contributed by atoms with Crippen molar-refractivity contribution in [3.63, 3.8) is 0 Å². The van der Waals surface area contributed by atoms with Gasteiger partial charge in [0, 0.05) is 29.8 Å². The summed E-state index contributed by atoms with van der Waals surface area (Å²) in [6.45, 7) is 2.49. The van der Waals surface area contributed by atoms with Gasteiger partial charge in [0.1, 0.15) is 6.04 Å². The third kappa shape index (κ3) is 2.47. The summed E-state index contributed by atoms with van der Waals surface area (Å²) in [7, 11) is 0.836. The van der Waals surface area contributed by atoms with Crippen molar-refractivity contribution < 1.29 is 14.4 Å². The summed E-state index contributed by atoms with van der Waals surface area (Å²) in [5.41, 5.74) is 2.53. The summed E-state index contributed by atoms with van der Waals surface area (Å²) < 4.78 is 0. The van der Waals surface area contributed by atoms with Crippen LogP contribution < -0.4 is 10.5 Å². The molecule has 0 radical (unpaired) electrons. The van der Waals surface area contributed by atoms with Gasteiger partial charge in [0.2, 0.25) is 19.2 Å². The lowest BCUT2D eigenvalue weighted by Crippen LogP contribution is -2.52. The Balaban J connectivity index is 1.84. The molecule has 0 aromatic heterocycles. The van der Waals surface area contributed by atoms with E-state index in [9.17, 15) is 14.4 Å². The molecule has 22 heavy (non-hydrogen) atoms. The number of fused-ring (bicyclic) bond motifs is 1. The highest BCUT2D eigenvalue weighted by Crippen LogP contribution is 2.32. The predicted octanol–water partition coefficient (Wildman–Crippen LogP) is 0.649. The first-order chi connectivity index (χ1) is 10.6. The molecule has 1 atom stereocenters.